The number of carbonyl (C=O) groups is 2. The molecule has 5 aromatic rings. The third-order valence-electron chi connectivity index (χ3n) is 5.73. The van der Waals surface area contributed by atoms with Crippen molar-refractivity contribution in [1.29, 1.82) is 0 Å². The van der Waals surface area contributed by atoms with E-state index in [-0.39, 0.29) is 11.8 Å². The van der Waals surface area contributed by atoms with E-state index < -0.39 is 0 Å². The van der Waals surface area contributed by atoms with Crippen molar-refractivity contribution in [3.63, 3.8) is 0 Å². The predicted octanol–water partition coefficient (Wildman–Crippen LogP) is 6.51. The molecule has 0 fully saturated rings. The Morgan fingerprint density at radius 1 is 0.758 bits per heavy atom. The van der Waals surface area contributed by atoms with Gasteiger partial charge in [0.2, 0.25) is 0 Å². The summed E-state index contributed by atoms with van der Waals surface area (Å²) >= 11 is 1.51. The van der Waals surface area contributed by atoms with Crippen LogP contribution >= 0.6 is 11.3 Å². The molecule has 0 atom stereocenters. The second-order valence-corrected chi connectivity index (χ2v) is 8.59. The van der Waals surface area contributed by atoms with E-state index >= 15 is 0 Å². The van der Waals surface area contributed by atoms with Crippen molar-refractivity contribution in [2.75, 3.05) is 10.2 Å². The van der Waals surface area contributed by atoms with Gasteiger partial charge in [0.05, 0.1) is 22.5 Å². The highest BCUT2D eigenvalue weighted by Gasteiger charge is 2.36. The van der Waals surface area contributed by atoms with Crippen LogP contribution in [0.2, 0.25) is 0 Å². The van der Waals surface area contributed by atoms with Gasteiger partial charge in [-0.15, -0.1) is 11.3 Å². The van der Waals surface area contributed by atoms with E-state index in [1.54, 1.807) is 30.3 Å². The van der Waals surface area contributed by atoms with Crippen molar-refractivity contribution in [1.82, 2.24) is 4.98 Å². The van der Waals surface area contributed by atoms with Crippen LogP contribution in [-0.4, -0.2) is 16.8 Å². The maximum absolute atomic E-state index is 12.9. The molecule has 5 nitrogen and oxygen atoms in total. The fourth-order valence-electron chi connectivity index (χ4n) is 4.14. The quantitative estimate of drug-likeness (QED) is 0.319. The number of aromatic nitrogens is 1. The number of carbonyl (C=O) groups excluding carboxylic acids is 2. The molecule has 0 bridgehead atoms. The number of rotatable bonds is 4. The van der Waals surface area contributed by atoms with Crippen LogP contribution in [0.25, 0.3) is 22.0 Å². The standard InChI is InChI=1S/C27H17N3O2S/c31-25-21-12-3-4-13-22(21)26(32)30(25)19-10-5-9-18(15-19)24-16-33-27(29-24)28-23-14-6-8-17-7-1-2-11-20(17)23/h1-16H,(H,28,29). The molecule has 2 heterocycles. The molecule has 0 aliphatic carbocycles. The summed E-state index contributed by atoms with van der Waals surface area (Å²) in [4.78, 5) is 31.7. The minimum Gasteiger partial charge on any atom is -0.331 e. The van der Waals surface area contributed by atoms with Crippen molar-refractivity contribution in [2.45, 2.75) is 0 Å². The fraction of sp³-hybridized carbons (Fsp3) is 0. The van der Waals surface area contributed by atoms with Crippen LogP contribution in [0, 0.1) is 0 Å². The second-order valence-electron chi connectivity index (χ2n) is 7.73. The molecule has 6 rings (SSSR count). The maximum atomic E-state index is 12.9. The Bertz CT molecular complexity index is 1520. The van der Waals surface area contributed by atoms with Gasteiger partial charge in [0.25, 0.3) is 11.8 Å². The molecule has 0 spiro atoms. The molecule has 0 unspecified atom stereocenters. The monoisotopic (exact) mass is 447 g/mol. The molecule has 1 aliphatic heterocycles. The van der Waals surface area contributed by atoms with Crippen LogP contribution in [0.15, 0.2) is 96.4 Å². The van der Waals surface area contributed by atoms with E-state index in [2.05, 4.69) is 23.5 Å². The Labute approximate surface area is 194 Å². The fourth-order valence-corrected chi connectivity index (χ4v) is 4.87. The average molecular weight is 448 g/mol. The third-order valence-corrected chi connectivity index (χ3v) is 6.49. The van der Waals surface area contributed by atoms with Crippen molar-refractivity contribution >= 4 is 50.4 Å². The molecule has 33 heavy (non-hydrogen) atoms. The number of amides is 2. The van der Waals surface area contributed by atoms with Gasteiger partial charge < -0.3 is 5.32 Å². The molecule has 4 aromatic carbocycles. The van der Waals surface area contributed by atoms with Crippen LogP contribution in [-0.2, 0) is 0 Å². The van der Waals surface area contributed by atoms with Crippen LogP contribution < -0.4 is 10.2 Å². The molecule has 2 amide bonds. The largest absolute Gasteiger partial charge is 0.331 e. The Morgan fingerprint density at radius 3 is 2.27 bits per heavy atom. The first-order valence-electron chi connectivity index (χ1n) is 10.5. The molecule has 1 aliphatic rings. The van der Waals surface area contributed by atoms with Crippen LogP contribution in [0.1, 0.15) is 20.7 Å². The highest BCUT2D eigenvalue weighted by atomic mass is 32.1. The first kappa shape index (κ1) is 19.4. The van der Waals surface area contributed by atoms with Gasteiger partial charge in [0.1, 0.15) is 0 Å². The van der Waals surface area contributed by atoms with Gasteiger partial charge in [-0.05, 0) is 35.7 Å². The zero-order chi connectivity index (χ0) is 22.4. The Kier molecular flexibility index (Phi) is 4.52. The van der Waals surface area contributed by atoms with Crippen LogP contribution in [0.5, 0.6) is 0 Å². The highest BCUT2D eigenvalue weighted by Crippen LogP contribution is 2.34. The zero-order valence-electron chi connectivity index (χ0n) is 17.4. The number of benzene rings is 4. The van der Waals surface area contributed by atoms with E-state index in [9.17, 15) is 9.59 Å². The van der Waals surface area contributed by atoms with E-state index in [1.807, 2.05) is 47.8 Å². The summed E-state index contributed by atoms with van der Waals surface area (Å²) in [5, 5.41) is 8.45. The minimum atomic E-state index is -0.302. The lowest BCUT2D eigenvalue weighted by atomic mass is 10.1. The van der Waals surface area contributed by atoms with Gasteiger partial charge in [0.15, 0.2) is 5.13 Å². The zero-order valence-corrected chi connectivity index (χ0v) is 18.2. The molecular weight excluding hydrogens is 430 g/mol. The molecule has 0 saturated heterocycles. The lowest BCUT2D eigenvalue weighted by Crippen LogP contribution is -2.29. The molecule has 6 heteroatoms. The predicted molar refractivity (Wildman–Crippen MR) is 132 cm³/mol. The molecule has 0 saturated carbocycles. The van der Waals surface area contributed by atoms with Gasteiger partial charge >= 0.3 is 0 Å². The van der Waals surface area contributed by atoms with Gasteiger partial charge in [-0.3, -0.25) is 9.59 Å². The van der Waals surface area contributed by atoms with E-state index in [0.29, 0.717) is 16.8 Å². The van der Waals surface area contributed by atoms with Crippen molar-refractivity contribution < 1.29 is 9.59 Å². The Hall–Kier alpha value is -4.29. The number of nitrogens with one attached hydrogen (secondary N) is 1. The van der Waals surface area contributed by atoms with Crippen LogP contribution in [0.4, 0.5) is 16.5 Å². The topological polar surface area (TPSA) is 62.3 Å². The summed E-state index contributed by atoms with van der Waals surface area (Å²) in [6.07, 6.45) is 0. The number of thiazole rings is 1. The Morgan fingerprint density at radius 2 is 1.45 bits per heavy atom. The van der Waals surface area contributed by atoms with Crippen molar-refractivity contribution in [3.05, 3.63) is 108 Å². The lowest BCUT2D eigenvalue weighted by molar-refractivity contribution is 0.0926. The molecule has 0 radical (unpaired) electrons. The molecule has 1 aromatic heterocycles. The summed E-state index contributed by atoms with van der Waals surface area (Å²) in [6.45, 7) is 0. The summed E-state index contributed by atoms with van der Waals surface area (Å²) in [6, 6.07) is 28.6. The normalized spacial score (nSPS) is 12.9. The molecule has 158 valence electrons. The van der Waals surface area contributed by atoms with E-state index in [0.717, 1.165) is 32.8 Å². The number of fused-ring (bicyclic) bond motifs is 2. The Balaban J connectivity index is 1.30. The van der Waals surface area contributed by atoms with Crippen molar-refractivity contribution in [3.8, 4) is 11.3 Å². The highest BCUT2D eigenvalue weighted by molar-refractivity contribution is 7.14. The summed E-state index contributed by atoms with van der Waals surface area (Å²) in [5.74, 6) is -0.603. The summed E-state index contributed by atoms with van der Waals surface area (Å²) in [7, 11) is 0. The number of anilines is 3. The van der Waals surface area contributed by atoms with Gasteiger partial charge in [-0.25, -0.2) is 9.88 Å². The molecular formula is C27H17N3O2S. The van der Waals surface area contributed by atoms with Gasteiger partial charge in [-0.1, -0.05) is 60.7 Å². The smallest absolute Gasteiger partial charge is 0.266 e. The third kappa shape index (κ3) is 3.28. The van der Waals surface area contributed by atoms with Crippen LogP contribution in [0.3, 0.4) is 0 Å². The average Bonchev–Trinajstić information content (AvgIpc) is 3.42. The van der Waals surface area contributed by atoms with Gasteiger partial charge in [-0.2, -0.15) is 0 Å². The van der Waals surface area contributed by atoms with E-state index in [4.69, 9.17) is 4.98 Å². The SMILES string of the molecule is O=C1c2ccccc2C(=O)N1c1cccc(-c2csc(Nc3cccc4ccccc34)n2)c1. The van der Waals surface area contributed by atoms with E-state index in [1.165, 1.54) is 16.2 Å². The number of hydrogen-bond donors (Lipinski definition) is 1. The molecule has 1 N–H and O–H groups in total. The second kappa shape index (κ2) is 7.69. The number of imide groups is 1. The number of nitrogens with zero attached hydrogens (tertiary/aromatic N) is 2. The number of hydrogen-bond acceptors (Lipinski definition) is 5. The first-order chi connectivity index (χ1) is 16.2. The minimum absolute atomic E-state index is 0.302. The summed E-state index contributed by atoms with van der Waals surface area (Å²) in [5.41, 5.74) is 4.02. The first-order valence-corrected chi connectivity index (χ1v) is 11.4. The summed E-state index contributed by atoms with van der Waals surface area (Å²) < 4.78 is 0. The lowest BCUT2D eigenvalue weighted by Gasteiger charge is -2.14. The maximum Gasteiger partial charge on any atom is 0.266 e. The van der Waals surface area contributed by atoms with Crippen molar-refractivity contribution in [2.24, 2.45) is 0 Å². The van der Waals surface area contributed by atoms with Gasteiger partial charge in [0, 0.05) is 22.0 Å².